The van der Waals surface area contributed by atoms with Gasteiger partial charge in [0.15, 0.2) is 23.4 Å². The first-order valence-corrected chi connectivity index (χ1v) is 9.35. The summed E-state index contributed by atoms with van der Waals surface area (Å²) in [4.78, 5) is 25.3. The Labute approximate surface area is 174 Å². The van der Waals surface area contributed by atoms with Crippen molar-refractivity contribution in [1.82, 2.24) is 0 Å². The van der Waals surface area contributed by atoms with Gasteiger partial charge in [-0.15, -0.1) is 0 Å². The molecule has 0 bridgehead atoms. The highest BCUT2D eigenvalue weighted by atomic mass is 16.6. The van der Waals surface area contributed by atoms with Crippen LogP contribution in [-0.2, 0) is 9.53 Å². The van der Waals surface area contributed by atoms with Crippen molar-refractivity contribution >= 4 is 16.9 Å². The van der Waals surface area contributed by atoms with E-state index in [0.717, 1.165) is 11.1 Å². The molecule has 3 aromatic rings. The molecule has 0 radical (unpaired) electrons. The maximum absolute atomic E-state index is 13.4. The van der Waals surface area contributed by atoms with Crippen LogP contribution in [-0.4, -0.2) is 33.4 Å². The summed E-state index contributed by atoms with van der Waals surface area (Å²) in [6.45, 7) is 5.27. The number of carbonyl (C=O) groups excluding carboxylic acids is 1. The Morgan fingerprint density at radius 2 is 1.70 bits per heavy atom. The number of hydrogen-bond donors (Lipinski definition) is 0. The van der Waals surface area contributed by atoms with Gasteiger partial charge in [-0.1, -0.05) is 6.07 Å². The zero-order valence-corrected chi connectivity index (χ0v) is 17.8. The van der Waals surface area contributed by atoms with E-state index in [9.17, 15) is 9.59 Å². The van der Waals surface area contributed by atoms with Gasteiger partial charge in [0.05, 0.1) is 26.7 Å². The van der Waals surface area contributed by atoms with Crippen LogP contribution in [0.15, 0.2) is 39.5 Å². The molecule has 0 aliphatic heterocycles. The van der Waals surface area contributed by atoms with Crippen LogP contribution in [0.2, 0.25) is 0 Å². The lowest BCUT2D eigenvalue weighted by Crippen LogP contribution is -2.27. The lowest BCUT2D eigenvalue weighted by atomic mass is 10.0. The Morgan fingerprint density at radius 3 is 2.33 bits per heavy atom. The molecule has 7 heteroatoms. The highest BCUT2D eigenvalue weighted by molar-refractivity contribution is 5.85. The number of hydrogen-bond acceptors (Lipinski definition) is 7. The first kappa shape index (κ1) is 21.2. The van der Waals surface area contributed by atoms with Gasteiger partial charge in [0, 0.05) is 5.56 Å². The van der Waals surface area contributed by atoms with Gasteiger partial charge in [0.1, 0.15) is 5.58 Å². The molecule has 0 unspecified atom stereocenters. The normalized spacial score (nSPS) is 11.8. The largest absolute Gasteiger partial charge is 0.493 e. The summed E-state index contributed by atoms with van der Waals surface area (Å²) in [6, 6.07) is 8.78. The highest BCUT2D eigenvalue weighted by Crippen LogP contribution is 2.37. The van der Waals surface area contributed by atoms with Crippen molar-refractivity contribution in [3.8, 4) is 28.6 Å². The van der Waals surface area contributed by atoms with E-state index in [1.807, 2.05) is 19.9 Å². The van der Waals surface area contributed by atoms with E-state index >= 15 is 0 Å². The third-order valence-electron chi connectivity index (χ3n) is 4.75. The zero-order chi connectivity index (χ0) is 22.0. The number of rotatable bonds is 6. The average molecular weight is 412 g/mol. The van der Waals surface area contributed by atoms with Crippen LogP contribution < -0.4 is 19.6 Å². The van der Waals surface area contributed by atoms with Crippen LogP contribution in [0.1, 0.15) is 18.1 Å². The zero-order valence-electron chi connectivity index (χ0n) is 17.8. The maximum Gasteiger partial charge on any atom is 0.346 e. The van der Waals surface area contributed by atoms with Crippen LogP contribution in [0.5, 0.6) is 17.2 Å². The minimum Gasteiger partial charge on any atom is -0.493 e. The molecule has 1 heterocycles. The van der Waals surface area contributed by atoms with Crippen molar-refractivity contribution in [2.24, 2.45) is 0 Å². The van der Waals surface area contributed by atoms with Gasteiger partial charge in [-0.2, -0.15) is 0 Å². The molecule has 2 aromatic carbocycles. The maximum atomic E-state index is 13.4. The fourth-order valence-electron chi connectivity index (χ4n) is 3.30. The topological polar surface area (TPSA) is 84.2 Å². The van der Waals surface area contributed by atoms with Gasteiger partial charge in [0.2, 0.25) is 11.2 Å². The van der Waals surface area contributed by atoms with Crippen LogP contribution >= 0.6 is 0 Å². The number of carbonyl (C=O) groups is 1. The van der Waals surface area contributed by atoms with Crippen LogP contribution in [0.3, 0.4) is 0 Å². The van der Waals surface area contributed by atoms with Crippen LogP contribution in [0.25, 0.3) is 22.3 Å². The SMILES string of the molecule is COC(=O)[C@H](C)Oc1c(-c2ccc(OC)c(OC)c2)oc2c(C)cc(C)cc2c1=O. The van der Waals surface area contributed by atoms with Gasteiger partial charge in [0.25, 0.3) is 0 Å². The second kappa shape index (κ2) is 8.49. The second-order valence-corrected chi connectivity index (χ2v) is 6.90. The van der Waals surface area contributed by atoms with Gasteiger partial charge in [-0.3, -0.25) is 4.79 Å². The third-order valence-corrected chi connectivity index (χ3v) is 4.75. The molecule has 0 saturated carbocycles. The Balaban J connectivity index is 2.32. The minimum absolute atomic E-state index is 0.0716. The number of aryl methyl sites for hydroxylation is 2. The second-order valence-electron chi connectivity index (χ2n) is 6.90. The molecular weight excluding hydrogens is 388 g/mol. The van der Waals surface area contributed by atoms with E-state index in [2.05, 4.69) is 0 Å². The van der Waals surface area contributed by atoms with E-state index in [0.29, 0.717) is 28.0 Å². The van der Waals surface area contributed by atoms with Crippen LogP contribution in [0.4, 0.5) is 0 Å². The van der Waals surface area contributed by atoms with Crippen molar-refractivity contribution in [3.63, 3.8) is 0 Å². The molecule has 0 saturated heterocycles. The lowest BCUT2D eigenvalue weighted by molar-refractivity contribution is -0.147. The number of ether oxygens (including phenoxy) is 4. The van der Waals surface area contributed by atoms with E-state index in [-0.39, 0.29) is 16.9 Å². The molecule has 3 rings (SSSR count). The van der Waals surface area contributed by atoms with Crippen molar-refractivity contribution in [2.75, 3.05) is 21.3 Å². The molecule has 1 atom stereocenters. The molecule has 158 valence electrons. The monoisotopic (exact) mass is 412 g/mol. The van der Waals surface area contributed by atoms with E-state index in [1.165, 1.54) is 28.3 Å². The van der Waals surface area contributed by atoms with Gasteiger partial charge in [-0.25, -0.2) is 4.79 Å². The van der Waals surface area contributed by atoms with Crippen molar-refractivity contribution in [2.45, 2.75) is 26.9 Å². The first-order chi connectivity index (χ1) is 14.3. The molecule has 0 aliphatic carbocycles. The summed E-state index contributed by atoms with van der Waals surface area (Å²) in [7, 11) is 4.31. The molecule has 7 nitrogen and oxygen atoms in total. The summed E-state index contributed by atoms with van der Waals surface area (Å²) in [5.41, 5.74) is 2.35. The fourth-order valence-corrected chi connectivity index (χ4v) is 3.30. The molecule has 0 spiro atoms. The minimum atomic E-state index is -1.000. The summed E-state index contributed by atoms with van der Waals surface area (Å²) >= 11 is 0. The summed E-state index contributed by atoms with van der Waals surface area (Å²) in [5.74, 6) is 0.508. The molecule has 0 N–H and O–H groups in total. The van der Waals surface area contributed by atoms with Gasteiger partial charge in [-0.05, 0) is 56.2 Å². The first-order valence-electron chi connectivity index (χ1n) is 9.35. The summed E-state index contributed by atoms with van der Waals surface area (Å²) < 4.78 is 27.3. The number of methoxy groups -OCH3 is 3. The Hall–Kier alpha value is -3.48. The van der Waals surface area contributed by atoms with Crippen molar-refractivity contribution in [1.29, 1.82) is 0 Å². The Bertz CT molecular complexity index is 1160. The van der Waals surface area contributed by atoms with E-state index in [4.69, 9.17) is 23.4 Å². The van der Waals surface area contributed by atoms with Gasteiger partial charge < -0.3 is 23.4 Å². The predicted molar refractivity (Wildman–Crippen MR) is 113 cm³/mol. The number of benzene rings is 2. The van der Waals surface area contributed by atoms with Crippen molar-refractivity contribution in [3.05, 3.63) is 51.7 Å². The van der Waals surface area contributed by atoms with Crippen molar-refractivity contribution < 1.29 is 28.2 Å². The van der Waals surface area contributed by atoms with Gasteiger partial charge >= 0.3 is 5.97 Å². The smallest absolute Gasteiger partial charge is 0.346 e. The Morgan fingerprint density at radius 1 is 1.00 bits per heavy atom. The predicted octanol–water partition coefficient (Wildman–Crippen LogP) is 4.03. The quantitative estimate of drug-likeness (QED) is 0.565. The van der Waals surface area contributed by atoms with E-state index in [1.54, 1.807) is 24.3 Å². The standard InChI is InChI=1S/C23H24O7/c1-12-9-13(2)20-16(10-12)19(24)22(29-14(3)23(25)28-6)21(30-20)15-7-8-17(26-4)18(11-15)27-5/h7-11,14H,1-6H3/t14-/m0/s1. The van der Waals surface area contributed by atoms with E-state index < -0.39 is 12.1 Å². The molecule has 1 aromatic heterocycles. The summed E-state index contributed by atoms with van der Waals surface area (Å²) in [6.07, 6.45) is -1.000. The fraction of sp³-hybridized carbons (Fsp3) is 0.304. The molecule has 30 heavy (non-hydrogen) atoms. The molecular formula is C23H24O7. The number of fused-ring (bicyclic) bond motifs is 1. The highest BCUT2D eigenvalue weighted by Gasteiger charge is 2.24. The third kappa shape index (κ3) is 3.83. The van der Waals surface area contributed by atoms with Crippen LogP contribution in [0, 0.1) is 13.8 Å². The average Bonchev–Trinajstić information content (AvgIpc) is 2.74. The summed E-state index contributed by atoms with van der Waals surface area (Å²) in [5, 5.41) is 0.379. The number of esters is 1. The Kier molecular flexibility index (Phi) is 6.01. The molecule has 0 amide bonds. The molecule has 0 aliphatic rings. The molecule has 0 fully saturated rings. The lowest BCUT2D eigenvalue weighted by Gasteiger charge is -2.17.